The second kappa shape index (κ2) is 9.29. The van der Waals surface area contributed by atoms with E-state index in [0.29, 0.717) is 16.8 Å². The van der Waals surface area contributed by atoms with Gasteiger partial charge in [-0.1, -0.05) is 60.7 Å². The third-order valence-corrected chi connectivity index (χ3v) is 5.55. The Hall–Kier alpha value is -3.56. The average Bonchev–Trinajstić information content (AvgIpc) is 2.73. The summed E-state index contributed by atoms with van der Waals surface area (Å²) in [5, 5.41) is 13.5. The van der Waals surface area contributed by atoms with Gasteiger partial charge in [0.05, 0.1) is 10.7 Å². The van der Waals surface area contributed by atoms with Gasteiger partial charge in [0.15, 0.2) is 0 Å². The van der Waals surface area contributed by atoms with E-state index in [1.807, 2.05) is 0 Å². The van der Waals surface area contributed by atoms with E-state index in [1.165, 1.54) is 24.3 Å². The summed E-state index contributed by atoms with van der Waals surface area (Å²) in [5.74, 6) is -0.952. The number of sulfonamides is 1. The van der Waals surface area contributed by atoms with Crippen molar-refractivity contribution >= 4 is 27.3 Å². The molecule has 0 saturated carbocycles. The third-order valence-electron chi connectivity index (χ3n) is 4.24. The molecular weight excluding hydrogens is 406 g/mol. The standard InChI is InChI=1S/C21H19N3O5S/c25-21(22-18-9-5-2-6-10-18)20(17-7-3-1-4-8-17)23-30(28,29)15-16-11-13-19(14-12-16)24(26)27/h1-14,20,23H,15H2,(H,22,25). The summed E-state index contributed by atoms with van der Waals surface area (Å²) in [5.41, 5.74) is 1.26. The zero-order chi connectivity index (χ0) is 21.6. The minimum Gasteiger partial charge on any atom is -0.324 e. The molecule has 1 amide bonds. The molecule has 2 N–H and O–H groups in total. The lowest BCUT2D eigenvalue weighted by molar-refractivity contribution is -0.384. The van der Waals surface area contributed by atoms with Crippen LogP contribution in [-0.4, -0.2) is 19.2 Å². The van der Waals surface area contributed by atoms with Crippen LogP contribution in [0.25, 0.3) is 0 Å². The van der Waals surface area contributed by atoms with Crippen LogP contribution in [0.5, 0.6) is 0 Å². The molecule has 0 aliphatic carbocycles. The SMILES string of the molecule is O=C(Nc1ccccc1)C(NS(=O)(=O)Cc1ccc([N+](=O)[O-])cc1)c1ccccc1. The van der Waals surface area contributed by atoms with Crippen molar-refractivity contribution in [1.82, 2.24) is 4.72 Å². The van der Waals surface area contributed by atoms with E-state index in [4.69, 9.17) is 0 Å². The van der Waals surface area contributed by atoms with Crippen molar-refractivity contribution in [2.24, 2.45) is 0 Å². The molecule has 0 radical (unpaired) electrons. The molecule has 0 heterocycles. The summed E-state index contributed by atoms with van der Waals surface area (Å²) in [4.78, 5) is 23.0. The summed E-state index contributed by atoms with van der Waals surface area (Å²) in [6, 6.07) is 21.3. The Bertz CT molecular complexity index is 1120. The number of benzene rings is 3. The van der Waals surface area contributed by atoms with Gasteiger partial charge in [-0.2, -0.15) is 4.72 Å². The number of nitro benzene ring substituents is 1. The van der Waals surface area contributed by atoms with Crippen LogP contribution in [-0.2, 0) is 20.6 Å². The molecule has 0 spiro atoms. The number of amides is 1. The zero-order valence-electron chi connectivity index (χ0n) is 15.8. The van der Waals surface area contributed by atoms with E-state index in [1.54, 1.807) is 60.7 Å². The maximum Gasteiger partial charge on any atom is 0.269 e. The minimum atomic E-state index is -3.93. The normalized spacial score (nSPS) is 12.1. The number of rotatable bonds is 8. The number of hydrogen-bond donors (Lipinski definition) is 2. The number of hydrogen-bond acceptors (Lipinski definition) is 5. The van der Waals surface area contributed by atoms with Gasteiger partial charge in [-0.15, -0.1) is 0 Å². The molecule has 0 aliphatic rings. The summed E-state index contributed by atoms with van der Waals surface area (Å²) < 4.78 is 27.9. The first-order valence-corrected chi connectivity index (χ1v) is 10.6. The maximum atomic E-state index is 12.8. The van der Waals surface area contributed by atoms with E-state index < -0.39 is 32.6 Å². The zero-order valence-corrected chi connectivity index (χ0v) is 16.6. The fourth-order valence-corrected chi connectivity index (χ4v) is 4.13. The van der Waals surface area contributed by atoms with Crippen LogP contribution in [0.1, 0.15) is 17.2 Å². The molecule has 9 heteroatoms. The van der Waals surface area contributed by atoms with Gasteiger partial charge in [0.2, 0.25) is 15.9 Å². The molecule has 0 fully saturated rings. The van der Waals surface area contributed by atoms with Crippen LogP contribution in [0.2, 0.25) is 0 Å². The van der Waals surface area contributed by atoms with Gasteiger partial charge >= 0.3 is 0 Å². The first-order valence-electron chi connectivity index (χ1n) is 8.98. The van der Waals surface area contributed by atoms with Gasteiger partial charge in [-0.25, -0.2) is 8.42 Å². The second-order valence-corrected chi connectivity index (χ2v) is 8.25. The summed E-state index contributed by atoms with van der Waals surface area (Å²) >= 11 is 0. The van der Waals surface area contributed by atoms with Gasteiger partial charge < -0.3 is 5.32 Å². The molecule has 1 atom stereocenters. The molecule has 3 aromatic rings. The maximum absolute atomic E-state index is 12.8. The number of carbonyl (C=O) groups is 1. The van der Waals surface area contributed by atoms with Crippen LogP contribution in [0.3, 0.4) is 0 Å². The second-order valence-electron chi connectivity index (χ2n) is 6.50. The van der Waals surface area contributed by atoms with Gasteiger partial charge in [0.1, 0.15) is 6.04 Å². The predicted octanol–water partition coefficient (Wildman–Crippen LogP) is 3.39. The van der Waals surface area contributed by atoms with Crippen LogP contribution in [0.15, 0.2) is 84.9 Å². The Morgan fingerprint density at radius 3 is 2.03 bits per heavy atom. The fraction of sp³-hybridized carbons (Fsp3) is 0.0952. The van der Waals surface area contributed by atoms with Gasteiger partial charge in [-0.05, 0) is 23.3 Å². The molecule has 0 bridgehead atoms. The van der Waals surface area contributed by atoms with Crippen LogP contribution >= 0.6 is 0 Å². The lowest BCUT2D eigenvalue weighted by Crippen LogP contribution is -2.37. The Morgan fingerprint density at radius 1 is 0.900 bits per heavy atom. The summed E-state index contributed by atoms with van der Waals surface area (Å²) in [7, 11) is -3.93. The molecule has 0 saturated heterocycles. The lowest BCUT2D eigenvalue weighted by atomic mass is 10.1. The highest BCUT2D eigenvalue weighted by atomic mass is 32.2. The smallest absolute Gasteiger partial charge is 0.269 e. The van der Waals surface area contributed by atoms with Crippen molar-refractivity contribution in [2.75, 3.05) is 5.32 Å². The quantitative estimate of drug-likeness (QED) is 0.424. The molecule has 1 unspecified atom stereocenters. The van der Waals surface area contributed by atoms with Crippen molar-refractivity contribution in [2.45, 2.75) is 11.8 Å². The minimum absolute atomic E-state index is 0.131. The summed E-state index contributed by atoms with van der Waals surface area (Å²) in [6.45, 7) is 0. The van der Waals surface area contributed by atoms with E-state index in [2.05, 4.69) is 10.0 Å². The van der Waals surface area contributed by atoms with E-state index in [0.717, 1.165) is 0 Å². The van der Waals surface area contributed by atoms with Gasteiger partial charge in [-0.3, -0.25) is 14.9 Å². The van der Waals surface area contributed by atoms with Crippen molar-refractivity contribution in [3.8, 4) is 0 Å². The van der Waals surface area contributed by atoms with E-state index in [9.17, 15) is 23.3 Å². The van der Waals surface area contributed by atoms with E-state index in [-0.39, 0.29) is 5.69 Å². The molecule has 3 aromatic carbocycles. The Balaban J connectivity index is 1.81. The molecule has 30 heavy (non-hydrogen) atoms. The number of carbonyl (C=O) groups excluding carboxylic acids is 1. The Kier molecular flexibility index (Phi) is 6.55. The first kappa shape index (κ1) is 21.2. The Morgan fingerprint density at radius 2 is 1.47 bits per heavy atom. The molecular formula is C21H19N3O5S. The first-order chi connectivity index (χ1) is 14.3. The molecule has 154 valence electrons. The predicted molar refractivity (Wildman–Crippen MR) is 113 cm³/mol. The highest BCUT2D eigenvalue weighted by Gasteiger charge is 2.26. The monoisotopic (exact) mass is 425 g/mol. The lowest BCUT2D eigenvalue weighted by Gasteiger charge is -2.19. The number of non-ortho nitro benzene ring substituents is 1. The summed E-state index contributed by atoms with van der Waals surface area (Å²) in [6.07, 6.45) is 0. The number of para-hydroxylation sites is 1. The van der Waals surface area contributed by atoms with Crippen LogP contribution < -0.4 is 10.0 Å². The molecule has 3 rings (SSSR count). The highest BCUT2D eigenvalue weighted by Crippen LogP contribution is 2.19. The average molecular weight is 425 g/mol. The number of anilines is 1. The fourth-order valence-electron chi connectivity index (χ4n) is 2.81. The molecule has 8 nitrogen and oxygen atoms in total. The van der Waals surface area contributed by atoms with Crippen molar-refractivity contribution in [1.29, 1.82) is 0 Å². The largest absolute Gasteiger partial charge is 0.324 e. The van der Waals surface area contributed by atoms with Crippen molar-refractivity contribution in [3.05, 3.63) is 106 Å². The number of nitro groups is 1. The van der Waals surface area contributed by atoms with Gasteiger partial charge in [0.25, 0.3) is 5.69 Å². The van der Waals surface area contributed by atoms with Crippen molar-refractivity contribution < 1.29 is 18.1 Å². The Labute approximate surface area is 173 Å². The van der Waals surface area contributed by atoms with E-state index >= 15 is 0 Å². The van der Waals surface area contributed by atoms with Crippen molar-refractivity contribution in [3.63, 3.8) is 0 Å². The molecule has 0 aliphatic heterocycles. The van der Waals surface area contributed by atoms with Crippen LogP contribution in [0.4, 0.5) is 11.4 Å². The highest BCUT2D eigenvalue weighted by molar-refractivity contribution is 7.88. The topological polar surface area (TPSA) is 118 Å². The number of nitrogens with zero attached hydrogens (tertiary/aromatic N) is 1. The molecule has 0 aromatic heterocycles. The van der Waals surface area contributed by atoms with Crippen LogP contribution in [0, 0.1) is 10.1 Å². The third kappa shape index (κ3) is 5.72. The van der Waals surface area contributed by atoms with Gasteiger partial charge in [0, 0.05) is 17.8 Å². The number of nitrogens with one attached hydrogen (secondary N) is 2.